The van der Waals surface area contributed by atoms with E-state index in [1.54, 1.807) is 6.92 Å². The van der Waals surface area contributed by atoms with E-state index >= 15 is 0 Å². The summed E-state index contributed by atoms with van der Waals surface area (Å²) in [6.45, 7) is 1.67. The minimum absolute atomic E-state index is 0.0180. The van der Waals surface area contributed by atoms with Crippen LogP contribution < -0.4 is 11.1 Å². The second-order valence-corrected chi connectivity index (χ2v) is 8.12. The van der Waals surface area contributed by atoms with E-state index in [1.165, 1.54) is 18.3 Å². The molecule has 1 aromatic heterocycles. The van der Waals surface area contributed by atoms with Crippen LogP contribution in [0.3, 0.4) is 0 Å². The number of aromatic nitrogens is 1. The Kier molecular flexibility index (Phi) is 4.56. The van der Waals surface area contributed by atoms with E-state index in [4.69, 9.17) is 5.73 Å². The molecule has 6 nitrogen and oxygen atoms in total. The average Bonchev–Trinajstić information content (AvgIpc) is 2.53. The van der Waals surface area contributed by atoms with Crippen LogP contribution in [0.4, 0.5) is 20.2 Å². The molecule has 0 spiro atoms. The van der Waals surface area contributed by atoms with E-state index in [9.17, 15) is 22.0 Å². The summed E-state index contributed by atoms with van der Waals surface area (Å²) in [5.74, 6) is -2.46. The van der Waals surface area contributed by atoms with E-state index < -0.39 is 27.4 Å². The Morgan fingerprint density at radius 1 is 1.11 bits per heavy atom. The molecular weight excluding hydrogens is 376 g/mol. The quantitative estimate of drug-likeness (QED) is 0.712. The van der Waals surface area contributed by atoms with E-state index in [-0.39, 0.29) is 27.2 Å². The number of halogens is 2. The van der Waals surface area contributed by atoms with Gasteiger partial charge in [-0.1, -0.05) is 0 Å². The Morgan fingerprint density at radius 2 is 1.74 bits per heavy atom. The van der Waals surface area contributed by atoms with Gasteiger partial charge >= 0.3 is 0 Å². The largest absolute Gasteiger partial charge is 0.365 e. The molecule has 0 atom stereocenters. The van der Waals surface area contributed by atoms with E-state index in [1.807, 2.05) is 0 Å². The van der Waals surface area contributed by atoms with Gasteiger partial charge in [-0.25, -0.2) is 17.2 Å². The molecule has 0 aliphatic carbocycles. The predicted molar refractivity (Wildman–Crippen MR) is 97.7 cm³/mol. The van der Waals surface area contributed by atoms with Gasteiger partial charge in [-0.05, 0) is 36.8 Å². The standard InChI is InChI=1S/C18H15F2N3O3S/c1-9-3-13(27(2,25)26)7-14-16(9)22-8-15(18(21)24)17(14)23-12-5-10(19)4-11(20)6-12/h3-8H,1-2H3,(H2,21,24)(H,22,23). The van der Waals surface area contributed by atoms with Crippen molar-refractivity contribution in [1.29, 1.82) is 0 Å². The number of amides is 1. The number of rotatable bonds is 4. The van der Waals surface area contributed by atoms with Crippen LogP contribution in [0.1, 0.15) is 15.9 Å². The number of pyridine rings is 1. The zero-order valence-corrected chi connectivity index (χ0v) is 15.2. The van der Waals surface area contributed by atoms with Gasteiger partial charge in [0, 0.05) is 29.6 Å². The van der Waals surface area contributed by atoms with Crippen LogP contribution in [0, 0.1) is 18.6 Å². The van der Waals surface area contributed by atoms with Gasteiger partial charge in [0.15, 0.2) is 9.84 Å². The van der Waals surface area contributed by atoms with E-state index in [0.717, 1.165) is 18.4 Å². The lowest BCUT2D eigenvalue weighted by molar-refractivity contribution is 0.100. The van der Waals surface area contributed by atoms with Gasteiger partial charge in [0.25, 0.3) is 5.91 Å². The van der Waals surface area contributed by atoms with Crippen LogP contribution in [0.15, 0.2) is 41.4 Å². The maximum Gasteiger partial charge on any atom is 0.252 e. The van der Waals surface area contributed by atoms with Gasteiger partial charge in [0.05, 0.1) is 21.7 Å². The first-order valence-electron chi connectivity index (χ1n) is 7.72. The Morgan fingerprint density at radius 3 is 2.30 bits per heavy atom. The van der Waals surface area contributed by atoms with E-state index in [0.29, 0.717) is 17.1 Å². The lowest BCUT2D eigenvalue weighted by atomic mass is 10.1. The second-order valence-electron chi connectivity index (χ2n) is 6.10. The van der Waals surface area contributed by atoms with Crippen molar-refractivity contribution in [2.45, 2.75) is 11.8 Å². The smallest absolute Gasteiger partial charge is 0.252 e. The summed E-state index contributed by atoms with van der Waals surface area (Å²) in [7, 11) is -3.54. The number of primary amides is 1. The molecule has 3 rings (SSSR count). The fraction of sp³-hybridized carbons (Fsp3) is 0.111. The molecule has 0 bridgehead atoms. The Hall–Kier alpha value is -3.07. The predicted octanol–water partition coefficient (Wildman–Crippen LogP) is 3.07. The van der Waals surface area contributed by atoms with Crippen molar-refractivity contribution in [3.05, 3.63) is 59.3 Å². The maximum absolute atomic E-state index is 13.5. The Labute approximate surface area is 153 Å². The average molecular weight is 391 g/mol. The number of nitrogens with two attached hydrogens (primary N) is 1. The molecule has 27 heavy (non-hydrogen) atoms. The summed E-state index contributed by atoms with van der Waals surface area (Å²) < 4.78 is 51.0. The molecule has 0 radical (unpaired) electrons. The number of hydrogen-bond donors (Lipinski definition) is 2. The molecule has 0 aliphatic heterocycles. The number of benzene rings is 2. The molecular formula is C18H15F2N3O3S. The SMILES string of the molecule is Cc1cc(S(C)(=O)=O)cc2c(Nc3cc(F)cc(F)c3)c(C(N)=O)cnc12. The zero-order chi connectivity index (χ0) is 19.9. The highest BCUT2D eigenvalue weighted by molar-refractivity contribution is 7.90. The van der Waals surface area contributed by atoms with Crippen molar-refractivity contribution < 1.29 is 22.0 Å². The number of aryl methyl sites for hydroxylation is 1. The first-order valence-corrected chi connectivity index (χ1v) is 9.62. The van der Waals surface area contributed by atoms with Crippen molar-refractivity contribution >= 4 is 38.0 Å². The van der Waals surface area contributed by atoms with Gasteiger partial charge in [-0.2, -0.15) is 0 Å². The zero-order valence-electron chi connectivity index (χ0n) is 14.4. The summed E-state index contributed by atoms with van der Waals surface area (Å²) in [4.78, 5) is 16.0. The van der Waals surface area contributed by atoms with Gasteiger partial charge < -0.3 is 11.1 Å². The van der Waals surface area contributed by atoms with Gasteiger partial charge in [-0.3, -0.25) is 9.78 Å². The maximum atomic E-state index is 13.5. The number of sulfone groups is 1. The minimum atomic E-state index is -3.54. The number of carbonyl (C=O) groups is 1. The summed E-state index contributed by atoms with van der Waals surface area (Å²) >= 11 is 0. The van der Waals surface area contributed by atoms with Crippen molar-refractivity contribution in [2.24, 2.45) is 5.73 Å². The summed E-state index contributed by atoms with van der Waals surface area (Å²) in [6, 6.07) is 5.58. The molecule has 0 fully saturated rings. The first-order chi connectivity index (χ1) is 12.6. The third-order valence-electron chi connectivity index (χ3n) is 3.96. The van der Waals surface area contributed by atoms with Crippen molar-refractivity contribution in [2.75, 3.05) is 11.6 Å². The van der Waals surface area contributed by atoms with Crippen LogP contribution in [0.2, 0.25) is 0 Å². The number of nitrogens with zero attached hydrogens (tertiary/aromatic N) is 1. The summed E-state index contributed by atoms with van der Waals surface area (Å²) in [5, 5.41) is 3.06. The molecule has 0 saturated carbocycles. The van der Waals surface area contributed by atoms with Crippen molar-refractivity contribution in [1.82, 2.24) is 4.98 Å². The summed E-state index contributed by atoms with van der Waals surface area (Å²) in [5.41, 5.74) is 6.48. The Bertz CT molecular complexity index is 1170. The van der Waals surface area contributed by atoms with Crippen LogP contribution >= 0.6 is 0 Å². The van der Waals surface area contributed by atoms with Crippen molar-refractivity contribution in [3.63, 3.8) is 0 Å². The molecule has 3 N–H and O–H groups in total. The number of fused-ring (bicyclic) bond motifs is 1. The highest BCUT2D eigenvalue weighted by atomic mass is 32.2. The lowest BCUT2D eigenvalue weighted by Gasteiger charge is -2.15. The lowest BCUT2D eigenvalue weighted by Crippen LogP contribution is -2.14. The highest BCUT2D eigenvalue weighted by Gasteiger charge is 2.18. The van der Waals surface area contributed by atoms with E-state index in [2.05, 4.69) is 10.3 Å². The highest BCUT2D eigenvalue weighted by Crippen LogP contribution is 2.33. The molecule has 0 saturated heterocycles. The second kappa shape index (κ2) is 6.58. The third kappa shape index (κ3) is 3.72. The molecule has 0 unspecified atom stereocenters. The minimum Gasteiger partial charge on any atom is -0.365 e. The third-order valence-corrected chi connectivity index (χ3v) is 5.05. The van der Waals surface area contributed by atoms with Crippen LogP contribution in [-0.2, 0) is 9.84 Å². The topological polar surface area (TPSA) is 102 Å². The van der Waals surface area contributed by atoms with Gasteiger partial charge in [0.2, 0.25) is 0 Å². The molecule has 3 aromatic rings. The molecule has 1 amide bonds. The molecule has 0 aliphatic rings. The molecule has 1 heterocycles. The monoisotopic (exact) mass is 391 g/mol. The number of hydrogen-bond acceptors (Lipinski definition) is 5. The normalized spacial score (nSPS) is 11.6. The molecule has 9 heteroatoms. The number of carbonyl (C=O) groups excluding carboxylic acids is 1. The first kappa shape index (κ1) is 18.7. The van der Waals surface area contributed by atoms with Crippen LogP contribution in [0.25, 0.3) is 10.9 Å². The fourth-order valence-corrected chi connectivity index (χ4v) is 3.48. The summed E-state index contributed by atoms with van der Waals surface area (Å²) in [6.07, 6.45) is 2.28. The van der Waals surface area contributed by atoms with Crippen LogP contribution in [-0.4, -0.2) is 25.6 Å². The number of nitrogens with one attached hydrogen (secondary N) is 1. The molecule has 2 aromatic carbocycles. The number of anilines is 2. The van der Waals surface area contributed by atoms with Crippen LogP contribution in [0.5, 0.6) is 0 Å². The molecule has 140 valence electrons. The van der Waals surface area contributed by atoms with Gasteiger partial charge in [-0.15, -0.1) is 0 Å². The van der Waals surface area contributed by atoms with Crippen molar-refractivity contribution in [3.8, 4) is 0 Å². The van der Waals surface area contributed by atoms with Gasteiger partial charge in [0.1, 0.15) is 11.6 Å². The fourth-order valence-electron chi connectivity index (χ4n) is 2.75. The Balaban J connectivity index is 2.34.